The number of methoxy groups -OCH3 is 1. The molecular weight excluding hydrogens is 638 g/mol. The normalized spacial score (nSPS) is 24.1. The molecule has 0 unspecified atom stereocenters. The van der Waals surface area contributed by atoms with E-state index in [1.165, 1.54) is 24.2 Å². The van der Waals surface area contributed by atoms with Crippen molar-refractivity contribution in [2.75, 3.05) is 12.0 Å². The fourth-order valence-corrected chi connectivity index (χ4v) is 7.68. The van der Waals surface area contributed by atoms with Gasteiger partial charge in [0, 0.05) is 34.3 Å². The minimum atomic E-state index is -0.744. The number of aromatic hydroxyl groups is 1. The number of amides is 2. The Kier molecular flexibility index (Phi) is 7.00. The van der Waals surface area contributed by atoms with E-state index in [2.05, 4.69) is 15.9 Å². The highest BCUT2D eigenvalue weighted by Gasteiger charge is 2.56. The molecule has 1 heterocycles. The lowest BCUT2D eigenvalue weighted by molar-refractivity contribution is -0.123. The lowest BCUT2D eigenvalue weighted by Gasteiger charge is -2.42. The predicted molar refractivity (Wildman–Crippen MR) is 168 cm³/mol. The van der Waals surface area contributed by atoms with Crippen molar-refractivity contribution in [2.45, 2.75) is 18.8 Å². The summed E-state index contributed by atoms with van der Waals surface area (Å²) >= 11 is 3.24. The number of halogens is 1. The van der Waals surface area contributed by atoms with Gasteiger partial charge in [-0.05, 0) is 76.7 Å². The van der Waals surface area contributed by atoms with Crippen molar-refractivity contribution in [2.24, 2.45) is 17.8 Å². The molecule has 1 fully saturated rings. The number of benzene rings is 3. The third-order valence-corrected chi connectivity index (χ3v) is 9.88. The van der Waals surface area contributed by atoms with Gasteiger partial charge in [0.25, 0.3) is 0 Å². The third-order valence-electron chi connectivity index (χ3n) is 9.29. The van der Waals surface area contributed by atoms with Crippen LogP contribution in [0.3, 0.4) is 0 Å². The Hall–Kier alpha value is -4.89. The molecule has 4 aliphatic rings. The van der Waals surface area contributed by atoms with E-state index in [1.807, 2.05) is 12.1 Å². The number of phenolic OH excluding ortho intramolecular Hbond substituents is 1. The molecule has 1 saturated heterocycles. The number of carbonyl (C=O) groups is 5. The van der Waals surface area contributed by atoms with E-state index in [9.17, 15) is 29.1 Å². The van der Waals surface area contributed by atoms with Crippen LogP contribution in [0, 0.1) is 17.8 Å². The summed E-state index contributed by atoms with van der Waals surface area (Å²) < 4.78 is 5.49. The highest BCUT2D eigenvalue weighted by atomic mass is 79.9. The van der Waals surface area contributed by atoms with Gasteiger partial charge in [-0.3, -0.25) is 28.9 Å². The molecule has 0 saturated carbocycles. The van der Waals surface area contributed by atoms with Gasteiger partial charge in [-0.2, -0.15) is 0 Å². The van der Waals surface area contributed by atoms with E-state index in [4.69, 9.17) is 4.74 Å². The minimum Gasteiger partial charge on any atom is -0.504 e. The minimum absolute atomic E-state index is 0.0714. The second-order valence-corrected chi connectivity index (χ2v) is 12.4. The third kappa shape index (κ3) is 4.52. The number of phenols is 1. The summed E-state index contributed by atoms with van der Waals surface area (Å²) in [6, 6.07) is 20.1. The number of nitrogens with zero attached hydrogens (tertiary/aromatic N) is 1. The summed E-state index contributed by atoms with van der Waals surface area (Å²) in [7, 11) is 1.42. The van der Waals surface area contributed by atoms with Gasteiger partial charge in [-0.15, -0.1) is 0 Å². The van der Waals surface area contributed by atoms with Crippen LogP contribution in [-0.2, 0) is 19.2 Å². The Morgan fingerprint density at radius 1 is 0.911 bits per heavy atom. The number of hydrogen-bond donors (Lipinski definition) is 1. The first-order valence-corrected chi connectivity index (χ1v) is 15.3. The number of imide groups is 1. The smallest absolute Gasteiger partial charge is 0.238 e. The lowest BCUT2D eigenvalue weighted by atomic mass is 9.59. The number of fused-ring (bicyclic) bond motifs is 3. The van der Waals surface area contributed by atoms with Crippen LogP contribution in [0.2, 0.25) is 0 Å². The van der Waals surface area contributed by atoms with Crippen molar-refractivity contribution < 1.29 is 33.8 Å². The van der Waals surface area contributed by atoms with E-state index < -0.39 is 23.7 Å². The molecule has 8 nitrogen and oxygen atoms in total. The molecule has 3 aromatic rings. The SMILES string of the molecule is COc1cc([C@H]2C3=CC[C@@H]4C(=O)N(c5ccc(C(=O)c6ccccc6)cc5)C(=O)[C@@H]4[C@@H]3CC3=C2C(=O)C=C(Br)C3=O)ccc1O. The van der Waals surface area contributed by atoms with Crippen LogP contribution in [0.4, 0.5) is 5.69 Å². The largest absolute Gasteiger partial charge is 0.504 e. The molecule has 3 aromatic carbocycles. The summed E-state index contributed by atoms with van der Waals surface area (Å²) in [5.74, 6) is -3.93. The molecule has 9 heteroatoms. The summed E-state index contributed by atoms with van der Waals surface area (Å²) in [4.78, 5) is 69.0. The molecule has 7 rings (SSSR count). The summed E-state index contributed by atoms with van der Waals surface area (Å²) in [5.41, 5.74) is 3.42. The van der Waals surface area contributed by atoms with Crippen molar-refractivity contribution in [3.05, 3.63) is 123 Å². The van der Waals surface area contributed by atoms with Gasteiger partial charge in [-0.1, -0.05) is 48.0 Å². The van der Waals surface area contributed by atoms with E-state index in [1.54, 1.807) is 60.7 Å². The van der Waals surface area contributed by atoms with Gasteiger partial charge in [0.15, 0.2) is 28.8 Å². The monoisotopic (exact) mass is 663 g/mol. The van der Waals surface area contributed by atoms with Crippen LogP contribution >= 0.6 is 15.9 Å². The number of carbonyl (C=O) groups excluding carboxylic acids is 5. The molecule has 2 amide bonds. The van der Waals surface area contributed by atoms with Gasteiger partial charge >= 0.3 is 0 Å². The maximum atomic E-state index is 14.2. The van der Waals surface area contributed by atoms with Crippen molar-refractivity contribution >= 4 is 50.8 Å². The van der Waals surface area contributed by atoms with Crippen molar-refractivity contribution in [3.63, 3.8) is 0 Å². The quantitative estimate of drug-likeness (QED) is 0.163. The molecular formula is C36H26BrNO7. The Bertz CT molecular complexity index is 1920. The molecule has 4 atom stereocenters. The molecule has 0 bridgehead atoms. The van der Waals surface area contributed by atoms with Crippen molar-refractivity contribution in [3.8, 4) is 11.5 Å². The van der Waals surface area contributed by atoms with E-state index >= 15 is 0 Å². The molecule has 1 aliphatic heterocycles. The van der Waals surface area contributed by atoms with Gasteiger partial charge in [0.2, 0.25) is 11.8 Å². The first-order chi connectivity index (χ1) is 21.7. The number of allylic oxidation sites excluding steroid dienone is 6. The predicted octanol–water partition coefficient (Wildman–Crippen LogP) is 5.60. The fraction of sp³-hybridized carbons (Fsp3) is 0.194. The molecule has 0 aromatic heterocycles. The first-order valence-electron chi connectivity index (χ1n) is 14.5. The summed E-state index contributed by atoms with van der Waals surface area (Å²) in [6.07, 6.45) is 3.63. The number of rotatable bonds is 5. The first kappa shape index (κ1) is 28.9. The van der Waals surface area contributed by atoms with Crippen LogP contribution in [0.1, 0.15) is 40.2 Å². The Balaban J connectivity index is 1.26. The molecule has 0 radical (unpaired) electrons. The number of anilines is 1. The standard InChI is InChI=1S/C36H26BrNO7/c1-45-29-15-20(9-14-27(29)39)30-22-12-13-23-31(24(22)16-25-32(30)28(40)17-26(37)34(25)42)36(44)38(35(23)43)21-10-7-19(8-11-21)33(41)18-5-3-2-4-6-18/h2-12,14-15,17,23-24,30-31,39H,13,16H2,1H3/t23-,24+,30-,31-/m0/s1. The molecule has 224 valence electrons. The molecule has 3 aliphatic carbocycles. The van der Waals surface area contributed by atoms with Gasteiger partial charge in [0.05, 0.1) is 29.1 Å². The second-order valence-electron chi connectivity index (χ2n) is 11.6. The zero-order chi connectivity index (χ0) is 31.6. The lowest BCUT2D eigenvalue weighted by Crippen LogP contribution is -2.39. The van der Waals surface area contributed by atoms with Crippen LogP contribution < -0.4 is 9.64 Å². The van der Waals surface area contributed by atoms with Crippen molar-refractivity contribution in [1.82, 2.24) is 0 Å². The Labute approximate surface area is 266 Å². The van der Waals surface area contributed by atoms with Crippen LogP contribution in [0.15, 0.2) is 106 Å². The fourth-order valence-electron chi connectivity index (χ4n) is 7.23. The van der Waals surface area contributed by atoms with E-state index in [-0.39, 0.29) is 58.0 Å². The van der Waals surface area contributed by atoms with Gasteiger partial charge in [0.1, 0.15) is 0 Å². The maximum Gasteiger partial charge on any atom is 0.238 e. The van der Waals surface area contributed by atoms with Gasteiger partial charge in [-0.25, -0.2) is 0 Å². The second kappa shape index (κ2) is 10.9. The Morgan fingerprint density at radius 3 is 2.33 bits per heavy atom. The van der Waals surface area contributed by atoms with Crippen LogP contribution in [0.25, 0.3) is 0 Å². The molecule has 0 spiro atoms. The van der Waals surface area contributed by atoms with Gasteiger partial charge < -0.3 is 9.84 Å². The summed E-state index contributed by atoms with van der Waals surface area (Å²) in [6.45, 7) is 0. The highest BCUT2D eigenvalue weighted by Crippen LogP contribution is 2.56. The van der Waals surface area contributed by atoms with E-state index in [0.717, 1.165) is 5.57 Å². The molecule has 45 heavy (non-hydrogen) atoms. The number of ether oxygens (including phenoxy) is 1. The number of ketones is 3. The molecule has 1 N–H and O–H groups in total. The maximum absolute atomic E-state index is 14.2. The average molecular weight is 665 g/mol. The van der Waals surface area contributed by atoms with Crippen LogP contribution in [-0.4, -0.2) is 41.4 Å². The average Bonchev–Trinajstić information content (AvgIpc) is 3.32. The summed E-state index contributed by atoms with van der Waals surface area (Å²) in [5, 5.41) is 10.3. The highest BCUT2D eigenvalue weighted by molar-refractivity contribution is 9.12. The Morgan fingerprint density at radius 2 is 1.62 bits per heavy atom. The topological polar surface area (TPSA) is 118 Å². The zero-order valence-electron chi connectivity index (χ0n) is 24.0. The zero-order valence-corrected chi connectivity index (χ0v) is 25.6. The number of Topliss-reactive ketones (excluding diaryl/α,β-unsaturated/α-hetero) is 1. The van der Waals surface area contributed by atoms with E-state index in [0.29, 0.717) is 33.5 Å². The number of hydrogen-bond acceptors (Lipinski definition) is 7. The van der Waals surface area contributed by atoms with Crippen molar-refractivity contribution in [1.29, 1.82) is 0 Å². The van der Waals surface area contributed by atoms with Crippen LogP contribution in [0.5, 0.6) is 11.5 Å².